The van der Waals surface area contributed by atoms with Crippen LogP contribution >= 0.6 is 23.2 Å². The molecule has 0 radical (unpaired) electrons. The van der Waals surface area contributed by atoms with Gasteiger partial charge >= 0.3 is 6.18 Å². The number of ether oxygens (including phenoxy) is 1. The first-order valence-electron chi connectivity index (χ1n) is 6.20. The topological polar surface area (TPSA) is 9.23 Å². The highest BCUT2D eigenvalue weighted by Crippen LogP contribution is 2.44. The second kappa shape index (κ2) is 7.20. The van der Waals surface area contributed by atoms with Gasteiger partial charge in [-0.1, -0.05) is 12.8 Å². The van der Waals surface area contributed by atoms with E-state index in [1.807, 2.05) is 0 Å². The van der Waals surface area contributed by atoms with Crippen LogP contribution in [0.1, 0.15) is 32.1 Å². The molecule has 1 fully saturated rings. The van der Waals surface area contributed by atoms with E-state index in [1.165, 1.54) is 0 Å². The third-order valence-corrected chi connectivity index (χ3v) is 4.83. The van der Waals surface area contributed by atoms with Crippen molar-refractivity contribution in [2.75, 3.05) is 25.0 Å². The summed E-state index contributed by atoms with van der Waals surface area (Å²) in [7, 11) is 0. The Morgan fingerprint density at radius 1 is 1.06 bits per heavy atom. The normalized spacial score (nSPS) is 18.5. The molecule has 1 aliphatic rings. The molecule has 0 atom stereocenters. The van der Waals surface area contributed by atoms with Crippen molar-refractivity contribution in [2.24, 2.45) is 11.3 Å². The summed E-state index contributed by atoms with van der Waals surface area (Å²) in [6, 6.07) is 0. The maximum absolute atomic E-state index is 12.0. The highest BCUT2D eigenvalue weighted by atomic mass is 35.5. The van der Waals surface area contributed by atoms with E-state index in [0.717, 1.165) is 25.7 Å². The Hall–Kier alpha value is 0.330. The van der Waals surface area contributed by atoms with E-state index in [-0.39, 0.29) is 12.0 Å². The molecule has 0 spiro atoms. The Bertz CT molecular complexity index is 236. The molecule has 18 heavy (non-hydrogen) atoms. The molecule has 0 unspecified atom stereocenters. The summed E-state index contributed by atoms with van der Waals surface area (Å²) in [5.74, 6) is 1.19. The molecule has 0 aromatic rings. The van der Waals surface area contributed by atoms with E-state index >= 15 is 0 Å². The zero-order valence-electron chi connectivity index (χ0n) is 10.2. The Morgan fingerprint density at radius 2 is 1.61 bits per heavy atom. The van der Waals surface area contributed by atoms with Gasteiger partial charge in [-0.05, 0) is 25.2 Å². The minimum atomic E-state index is -4.27. The first kappa shape index (κ1) is 16.4. The SMILES string of the molecule is FC(F)(F)COCCC(CCl)(CCl)C1CCCC1. The highest BCUT2D eigenvalue weighted by Gasteiger charge is 2.39. The monoisotopic (exact) mass is 306 g/mol. The predicted molar refractivity (Wildman–Crippen MR) is 67.3 cm³/mol. The van der Waals surface area contributed by atoms with E-state index in [2.05, 4.69) is 4.74 Å². The number of rotatable bonds is 7. The lowest BCUT2D eigenvalue weighted by Gasteiger charge is -2.36. The molecular weight excluding hydrogens is 288 g/mol. The third-order valence-electron chi connectivity index (χ3n) is 3.76. The van der Waals surface area contributed by atoms with Gasteiger partial charge in [-0.2, -0.15) is 13.2 Å². The van der Waals surface area contributed by atoms with Crippen molar-refractivity contribution >= 4 is 23.2 Å². The molecular formula is C12H19Cl2F3O. The van der Waals surface area contributed by atoms with Gasteiger partial charge in [-0.3, -0.25) is 0 Å². The van der Waals surface area contributed by atoms with Crippen LogP contribution in [-0.4, -0.2) is 31.2 Å². The van der Waals surface area contributed by atoms with Crippen LogP contribution in [0.4, 0.5) is 13.2 Å². The fourth-order valence-electron chi connectivity index (χ4n) is 2.59. The summed E-state index contributed by atoms with van der Waals surface area (Å²) >= 11 is 12.0. The van der Waals surface area contributed by atoms with Gasteiger partial charge in [0.15, 0.2) is 0 Å². The van der Waals surface area contributed by atoms with Crippen molar-refractivity contribution in [3.05, 3.63) is 0 Å². The molecule has 1 aliphatic carbocycles. The molecule has 0 saturated heterocycles. The molecule has 0 amide bonds. The maximum Gasteiger partial charge on any atom is 0.411 e. The third kappa shape index (κ3) is 4.78. The first-order valence-corrected chi connectivity index (χ1v) is 7.27. The summed E-state index contributed by atoms with van der Waals surface area (Å²) in [6.07, 6.45) is 0.684. The number of halogens is 5. The van der Waals surface area contributed by atoms with Gasteiger partial charge in [0.05, 0.1) is 0 Å². The molecule has 0 N–H and O–H groups in total. The summed E-state index contributed by atoms with van der Waals surface area (Å²) in [5, 5.41) is 0. The molecule has 1 saturated carbocycles. The molecule has 0 aromatic heterocycles. The standard InChI is InChI=1S/C12H19Cl2F3O/c13-7-11(8-14,10-3-1-2-4-10)5-6-18-9-12(15,16)17/h10H,1-9H2. The van der Waals surface area contributed by atoms with Crippen LogP contribution in [0.3, 0.4) is 0 Å². The summed E-state index contributed by atoms with van der Waals surface area (Å²) in [6.45, 7) is -1.13. The van der Waals surface area contributed by atoms with Gasteiger partial charge in [-0.25, -0.2) is 0 Å². The maximum atomic E-state index is 12.0. The Balaban J connectivity index is 2.42. The lowest BCUT2D eigenvalue weighted by atomic mass is 9.75. The predicted octanol–water partition coefficient (Wildman–Crippen LogP) is 4.61. The van der Waals surface area contributed by atoms with Crippen LogP contribution in [0, 0.1) is 11.3 Å². The van der Waals surface area contributed by atoms with Crippen molar-refractivity contribution in [3.8, 4) is 0 Å². The Morgan fingerprint density at radius 3 is 2.06 bits per heavy atom. The largest absolute Gasteiger partial charge is 0.411 e. The van der Waals surface area contributed by atoms with Gasteiger partial charge in [0.1, 0.15) is 6.61 Å². The Kier molecular flexibility index (Phi) is 6.56. The van der Waals surface area contributed by atoms with Gasteiger partial charge < -0.3 is 4.74 Å². The molecule has 0 aromatic carbocycles. The number of hydrogen-bond donors (Lipinski definition) is 0. The van der Waals surface area contributed by atoms with E-state index in [4.69, 9.17) is 23.2 Å². The van der Waals surface area contributed by atoms with E-state index < -0.39 is 12.8 Å². The molecule has 0 aliphatic heterocycles. The van der Waals surface area contributed by atoms with Gasteiger partial charge in [0.25, 0.3) is 0 Å². The second-order valence-corrected chi connectivity index (χ2v) is 5.56. The summed E-state index contributed by atoms with van der Waals surface area (Å²) < 4.78 is 40.6. The van der Waals surface area contributed by atoms with Crippen LogP contribution in [0.5, 0.6) is 0 Å². The van der Waals surface area contributed by atoms with E-state index in [0.29, 0.717) is 24.1 Å². The zero-order valence-corrected chi connectivity index (χ0v) is 11.8. The van der Waals surface area contributed by atoms with Gasteiger partial charge in [0.2, 0.25) is 0 Å². The highest BCUT2D eigenvalue weighted by molar-refractivity contribution is 6.21. The van der Waals surface area contributed by atoms with Crippen LogP contribution < -0.4 is 0 Å². The average Bonchev–Trinajstić information content (AvgIpc) is 2.83. The van der Waals surface area contributed by atoms with Crippen molar-refractivity contribution in [1.82, 2.24) is 0 Å². The molecule has 1 nitrogen and oxygen atoms in total. The first-order chi connectivity index (χ1) is 8.43. The van der Waals surface area contributed by atoms with Crippen LogP contribution in [0.15, 0.2) is 0 Å². The second-order valence-electron chi connectivity index (χ2n) is 5.03. The van der Waals surface area contributed by atoms with Crippen molar-refractivity contribution < 1.29 is 17.9 Å². The fraction of sp³-hybridized carbons (Fsp3) is 1.00. The quantitative estimate of drug-likeness (QED) is 0.493. The van der Waals surface area contributed by atoms with Crippen LogP contribution in [0.25, 0.3) is 0 Å². The minimum Gasteiger partial charge on any atom is -0.372 e. The number of alkyl halides is 5. The molecule has 108 valence electrons. The zero-order chi connectivity index (χ0) is 13.6. The molecule has 6 heteroatoms. The van der Waals surface area contributed by atoms with Crippen molar-refractivity contribution in [1.29, 1.82) is 0 Å². The van der Waals surface area contributed by atoms with Crippen LogP contribution in [0.2, 0.25) is 0 Å². The van der Waals surface area contributed by atoms with Crippen molar-refractivity contribution in [2.45, 2.75) is 38.3 Å². The fourth-order valence-corrected chi connectivity index (χ4v) is 3.58. The van der Waals surface area contributed by atoms with Gasteiger partial charge in [0, 0.05) is 23.8 Å². The summed E-state index contributed by atoms with van der Waals surface area (Å²) in [5.41, 5.74) is -0.273. The molecule has 1 rings (SSSR count). The van der Waals surface area contributed by atoms with E-state index in [9.17, 15) is 13.2 Å². The Labute approximate surface area is 116 Å². The molecule has 0 bridgehead atoms. The minimum absolute atomic E-state index is 0.0649. The lowest BCUT2D eigenvalue weighted by molar-refractivity contribution is -0.175. The van der Waals surface area contributed by atoms with Crippen LogP contribution in [-0.2, 0) is 4.74 Å². The average molecular weight is 307 g/mol. The van der Waals surface area contributed by atoms with E-state index in [1.54, 1.807) is 0 Å². The smallest absolute Gasteiger partial charge is 0.372 e. The van der Waals surface area contributed by atoms with Gasteiger partial charge in [-0.15, -0.1) is 23.2 Å². The lowest BCUT2D eigenvalue weighted by Crippen LogP contribution is -2.35. The number of hydrogen-bond acceptors (Lipinski definition) is 1. The summed E-state index contributed by atoms with van der Waals surface area (Å²) in [4.78, 5) is 0. The molecule has 0 heterocycles. The van der Waals surface area contributed by atoms with Crippen molar-refractivity contribution in [3.63, 3.8) is 0 Å².